The van der Waals surface area contributed by atoms with Crippen LogP contribution in [0.3, 0.4) is 0 Å². The zero-order chi connectivity index (χ0) is 16.3. The van der Waals surface area contributed by atoms with Gasteiger partial charge in [-0.2, -0.15) is 13.2 Å². The molecule has 1 aromatic heterocycles. The summed E-state index contributed by atoms with van der Waals surface area (Å²) >= 11 is 0. The number of hydrogen-bond acceptors (Lipinski definition) is 2. The van der Waals surface area contributed by atoms with E-state index in [1.54, 1.807) is 6.92 Å². The van der Waals surface area contributed by atoms with Gasteiger partial charge in [0.25, 0.3) is 5.56 Å². The van der Waals surface area contributed by atoms with Crippen LogP contribution >= 0.6 is 0 Å². The zero-order valence-electron chi connectivity index (χ0n) is 12.4. The number of aromatic nitrogens is 2. The van der Waals surface area contributed by atoms with Crippen LogP contribution in [0.4, 0.5) is 13.2 Å². The van der Waals surface area contributed by atoms with E-state index in [1.807, 2.05) is 37.3 Å². The molecule has 2 rings (SSSR count). The normalized spacial score (nSPS) is 13.1. The van der Waals surface area contributed by atoms with Crippen LogP contribution in [0.2, 0.25) is 0 Å². The lowest BCUT2D eigenvalue weighted by molar-refractivity contribution is -0.141. The lowest BCUT2D eigenvalue weighted by atomic mass is 10.1. The standard InChI is InChI=1S/C16H17F3N2O/c1-3-11(2)15-20-13(16(17,18)19)9-14(22)21(15)10-12-7-5-4-6-8-12/h4-9,11H,3,10H2,1-2H3. The highest BCUT2D eigenvalue weighted by Gasteiger charge is 2.34. The monoisotopic (exact) mass is 310 g/mol. The molecule has 0 saturated carbocycles. The largest absolute Gasteiger partial charge is 0.433 e. The third kappa shape index (κ3) is 3.55. The van der Waals surface area contributed by atoms with Gasteiger partial charge in [0.05, 0.1) is 6.54 Å². The van der Waals surface area contributed by atoms with Gasteiger partial charge in [-0.1, -0.05) is 44.2 Å². The Morgan fingerprint density at radius 2 is 1.86 bits per heavy atom. The van der Waals surface area contributed by atoms with E-state index in [9.17, 15) is 18.0 Å². The van der Waals surface area contributed by atoms with Crippen LogP contribution in [0.5, 0.6) is 0 Å². The minimum atomic E-state index is -4.62. The third-order valence-corrected chi connectivity index (χ3v) is 3.56. The van der Waals surface area contributed by atoms with Gasteiger partial charge in [0.1, 0.15) is 5.82 Å². The van der Waals surface area contributed by atoms with Gasteiger partial charge in [-0.05, 0) is 12.0 Å². The van der Waals surface area contributed by atoms with Gasteiger partial charge in [-0.3, -0.25) is 9.36 Å². The lowest BCUT2D eigenvalue weighted by Crippen LogP contribution is -2.29. The molecule has 2 aromatic rings. The Balaban J connectivity index is 2.55. The van der Waals surface area contributed by atoms with E-state index < -0.39 is 17.4 Å². The molecule has 0 aliphatic carbocycles. The molecule has 0 aliphatic rings. The van der Waals surface area contributed by atoms with Gasteiger partial charge in [0.15, 0.2) is 5.69 Å². The highest BCUT2D eigenvalue weighted by Crippen LogP contribution is 2.28. The van der Waals surface area contributed by atoms with E-state index in [1.165, 1.54) is 4.57 Å². The van der Waals surface area contributed by atoms with E-state index in [-0.39, 0.29) is 18.3 Å². The summed E-state index contributed by atoms with van der Waals surface area (Å²) in [5, 5.41) is 0. The Kier molecular flexibility index (Phi) is 4.68. The SMILES string of the molecule is CCC(C)c1nc(C(F)(F)F)cc(=O)n1Cc1ccccc1. The third-order valence-electron chi connectivity index (χ3n) is 3.56. The van der Waals surface area contributed by atoms with Crippen molar-refractivity contribution in [3.63, 3.8) is 0 Å². The van der Waals surface area contributed by atoms with E-state index in [4.69, 9.17) is 0 Å². The maximum absolute atomic E-state index is 12.9. The van der Waals surface area contributed by atoms with Gasteiger partial charge in [0.2, 0.25) is 0 Å². The minimum Gasteiger partial charge on any atom is -0.292 e. The summed E-state index contributed by atoms with van der Waals surface area (Å²) in [6.45, 7) is 3.83. The smallest absolute Gasteiger partial charge is 0.292 e. The number of rotatable bonds is 4. The van der Waals surface area contributed by atoms with Gasteiger partial charge in [-0.15, -0.1) is 0 Å². The summed E-state index contributed by atoms with van der Waals surface area (Å²) in [6.07, 6.45) is -4.02. The molecule has 0 aliphatic heterocycles. The molecule has 1 unspecified atom stereocenters. The first-order chi connectivity index (χ1) is 10.3. The summed E-state index contributed by atoms with van der Waals surface area (Å²) < 4.78 is 39.9. The molecule has 6 heteroatoms. The van der Waals surface area contributed by atoms with Crippen LogP contribution in [0.15, 0.2) is 41.2 Å². The quantitative estimate of drug-likeness (QED) is 0.860. The molecule has 3 nitrogen and oxygen atoms in total. The fourth-order valence-corrected chi connectivity index (χ4v) is 2.15. The average Bonchev–Trinajstić information content (AvgIpc) is 2.48. The molecule has 1 atom stereocenters. The Labute approximate surface area is 126 Å². The van der Waals surface area contributed by atoms with E-state index in [0.717, 1.165) is 5.56 Å². The molecule has 0 bridgehead atoms. The van der Waals surface area contributed by atoms with Crippen molar-refractivity contribution in [2.24, 2.45) is 0 Å². The number of nitrogens with zero attached hydrogens (tertiary/aromatic N) is 2. The molecular weight excluding hydrogens is 293 g/mol. The number of benzene rings is 1. The fourth-order valence-electron chi connectivity index (χ4n) is 2.15. The molecule has 0 amide bonds. The first kappa shape index (κ1) is 16.3. The van der Waals surface area contributed by atoms with Gasteiger partial charge >= 0.3 is 6.18 Å². The maximum Gasteiger partial charge on any atom is 0.433 e. The molecule has 0 fully saturated rings. The first-order valence-electron chi connectivity index (χ1n) is 7.05. The van der Waals surface area contributed by atoms with Crippen molar-refractivity contribution in [2.45, 2.75) is 38.9 Å². The number of alkyl halides is 3. The van der Waals surface area contributed by atoms with Gasteiger partial charge < -0.3 is 0 Å². The second-order valence-corrected chi connectivity index (χ2v) is 5.22. The van der Waals surface area contributed by atoms with Crippen molar-refractivity contribution in [1.82, 2.24) is 9.55 Å². The zero-order valence-corrected chi connectivity index (χ0v) is 12.4. The summed E-state index contributed by atoms with van der Waals surface area (Å²) in [5.41, 5.74) is -0.964. The highest BCUT2D eigenvalue weighted by atomic mass is 19.4. The van der Waals surface area contributed by atoms with Gasteiger partial charge in [-0.25, -0.2) is 4.98 Å². The fraction of sp³-hybridized carbons (Fsp3) is 0.375. The van der Waals surface area contributed by atoms with Crippen molar-refractivity contribution >= 4 is 0 Å². The van der Waals surface area contributed by atoms with Crippen LogP contribution in [-0.2, 0) is 12.7 Å². The molecule has 0 N–H and O–H groups in total. The maximum atomic E-state index is 12.9. The summed E-state index contributed by atoms with van der Waals surface area (Å²) in [4.78, 5) is 15.9. The Morgan fingerprint density at radius 1 is 1.23 bits per heavy atom. The predicted molar refractivity (Wildman–Crippen MR) is 77.7 cm³/mol. The topological polar surface area (TPSA) is 34.9 Å². The van der Waals surface area contributed by atoms with Crippen molar-refractivity contribution in [3.05, 3.63) is 63.8 Å². The van der Waals surface area contributed by atoms with E-state index >= 15 is 0 Å². The van der Waals surface area contributed by atoms with E-state index in [0.29, 0.717) is 12.5 Å². The molecule has 0 spiro atoms. The van der Waals surface area contributed by atoms with Crippen LogP contribution in [0.1, 0.15) is 43.3 Å². The van der Waals surface area contributed by atoms with Crippen LogP contribution in [0, 0.1) is 0 Å². The minimum absolute atomic E-state index is 0.172. The Hall–Kier alpha value is -2.11. The predicted octanol–water partition coefficient (Wildman–Crippen LogP) is 3.82. The summed E-state index contributed by atoms with van der Waals surface area (Å²) in [7, 11) is 0. The molecule has 22 heavy (non-hydrogen) atoms. The number of halogens is 3. The summed E-state index contributed by atoms with van der Waals surface area (Å²) in [5.74, 6) is -0.0649. The Morgan fingerprint density at radius 3 is 2.41 bits per heavy atom. The van der Waals surface area contributed by atoms with Crippen LogP contribution in [0.25, 0.3) is 0 Å². The Bertz CT molecular complexity index is 693. The number of hydrogen-bond donors (Lipinski definition) is 0. The van der Waals surface area contributed by atoms with Crippen LogP contribution in [-0.4, -0.2) is 9.55 Å². The van der Waals surface area contributed by atoms with Crippen molar-refractivity contribution in [2.75, 3.05) is 0 Å². The molecule has 0 radical (unpaired) electrons. The molecule has 1 aromatic carbocycles. The second-order valence-electron chi connectivity index (χ2n) is 5.22. The second kappa shape index (κ2) is 6.34. The molecule has 0 saturated heterocycles. The average molecular weight is 310 g/mol. The lowest BCUT2D eigenvalue weighted by Gasteiger charge is -2.18. The van der Waals surface area contributed by atoms with Crippen molar-refractivity contribution in [3.8, 4) is 0 Å². The van der Waals surface area contributed by atoms with E-state index in [2.05, 4.69) is 4.98 Å². The van der Waals surface area contributed by atoms with Gasteiger partial charge in [0, 0.05) is 12.0 Å². The highest BCUT2D eigenvalue weighted by molar-refractivity contribution is 5.18. The molecule has 118 valence electrons. The van der Waals surface area contributed by atoms with Crippen molar-refractivity contribution in [1.29, 1.82) is 0 Å². The summed E-state index contributed by atoms with van der Waals surface area (Å²) in [6, 6.07) is 9.69. The first-order valence-corrected chi connectivity index (χ1v) is 7.05. The molecule has 1 heterocycles. The van der Waals surface area contributed by atoms with Crippen LogP contribution < -0.4 is 5.56 Å². The molecular formula is C16H17F3N2O. The van der Waals surface area contributed by atoms with Crippen molar-refractivity contribution < 1.29 is 13.2 Å².